The third-order valence-electron chi connectivity index (χ3n) is 1.83. The van der Waals surface area contributed by atoms with Gasteiger partial charge in [-0.15, -0.1) is 11.3 Å². The minimum absolute atomic E-state index is 0.0242. The number of thiophene rings is 1. The molecule has 0 aliphatic carbocycles. The van der Waals surface area contributed by atoms with Crippen LogP contribution in [0.2, 0.25) is 0 Å². The Morgan fingerprint density at radius 3 is 2.79 bits per heavy atom. The number of hydrogen-bond acceptors (Lipinski definition) is 3. The van der Waals surface area contributed by atoms with Crippen molar-refractivity contribution < 1.29 is 14.3 Å². The molecule has 1 N–H and O–H groups in total. The Bertz CT molecular complexity index is 467. The Morgan fingerprint density at radius 1 is 1.50 bits per heavy atom. The van der Waals surface area contributed by atoms with E-state index in [-0.39, 0.29) is 5.76 Å². The lowest BCUT2D eigenvalue weighted by Gasteiger charge is -1.89. The van der Waals surface area contributed by atoms with Gasteiger partial charge in [-0.25, -0.2) is 4.79 Å². The number of rotatable bonds is 2. The van der Waals surface area contributed by atoms with Crippen molar-refractivity contribution >= 4 is 17.3 Å². The monoisotopic (exact) mass is 208 g/mol. The van der Waals surface area contributed by atoms with Crippen molar-refractivity contribution in [1.82, 2.24) is 0 Å². The summed E-state index contributed by atoms with van der Waals surface area (Å²) in [6.45, 7) is 2.00. The third-order valence-corrected chi connectivity index (χ3v) is 2.69. The van der Waals surface area contributed by atoms with Gasteiger partial charge in [-0.2, -0.15) is 0 Å². The lowest BCUT2D eigenvalue weighted by atomic mass is 10.2. The molecule has 2 aromatic heterocycles. The molecule has 0 unspecified atom stereocenters. The van der Waals surface area contributed by atoms with Crippen LogP contribution in [-0.2, 0) is 0 Å². The van der Waals surface area contributed by atoms with E-state index in [9.17, 15) is 4.79 Å². The van der Waals surface area contributed by atoms with E-state index in [0.29, 0.717) is 5.76 Å². The molecule has 72 valence electrons. The molecule has 4 heteroatoms. The zero-order valence-corrected chi connectivity index (χ0v) is 8.30. The molecule has 3 nitrogen and oxygen atoms in total. The van der Waals surface area contributed by atoms with Gasteiger partial charge in [0.15, 0.2) is 0 Å². The average Bonchev–Trinajstić information content (AvgIpc) is 2.70. The molecular weight excluding hydrogens is 200 g/mol. The number of carboxylic acids is 1. The van der Waals surface area contributed by atoms with Crippen molar-refractivity contribution in [2.75, 3.05) is 0 Å². The molecule has 0 spiro atoms. The number of carbonyl (C=O) groups is 1. The van der Waals surface area contributed by atoms with Crippen LogP contribution in [0.4, 0.5) is 0 Å². The highest BCUT2D eigenvalue weighted by atomic mass is 32.1. The average molecular weight is 208 g/mol. The first-order valence-electron chi connectivity index (χ1n) is 4.05. The quantitative estimate of drug-likeness (QED) is 0.825. The SMILES string of the molecule is Cc1cc(-c2ccc(C(=O)O)o2)cs1. The summed E-state index contributed by atoms with van der Waals surface area (Å²) in [7, 11) is 0. The third kappa shape index (κ3) is 1.56. The van der Waals surface area contributed by atoms with Gasteiger partial charge < -0.3 is 9.52 Å². The number of hydrogen-bond donors (Lipinski definition) is 1. The van der Waals surface area contributed by atoms with Crippen LogP contribution in [0, 0.1) is 6.92 Å². The van der Waals surface area contributed by atoms with Gasteiger partial charge >= 0.3 is 5.97 Å². The molecule has 0 aliphatic heterocycles. The first kappa shape index (κ1) is 9.02. The molecule has 2 aromatic rings. The van der Waals surface area contributed by atoms with Crippen LogP contribution in [0.15, 0.2) is 28.0 Å². The number of furan rings is 1. The molecule has 0 amide bonds. The van der Waals surface area contributed by atoms with Crippen LogP contribution in [0.25, 0.3) is 11.3 Å². The molecule has 0 aliphatic rings. The van der Waals surface area contributed by atoms with Crippen molar-refractivity contribution in [2.45, 2.75) is 6.92 Å². The van der Waals surface area contributed by atoms with E-state index in [1.165, 1.54) is 10.9 Å². The molecule has 14 heavy (non-hydrogen) atoms. The van der Waals surface area contributed by atoms with Gasteiger partial charge in [-0.3, -0.25) is 0 Å². The van der Waals surface area contributed by atoms with Crippen LogP contribution in [0.1, 0.15) is 15.4 Å². The fourth-order valence-corrected chi connectivity index (χ4v) is 1.87. The molecule has 0 saturated heterocycles. The summed E-state index contributed by atoms with van der Waals surface area (Å²) in [6, 6.07) is 5.10. The van der Waals surface area contributed by atoms with Crippen LogP contribution in [0.3, 0.4) is 0 Å². The molecule has 2 heterocycles. The highest BCUT2D eigenvalue weighted by molar-refractivity contribution is 7.10. The van der Waals surface area contributed by atoms with E-state index >= 15 is 0 Å². The van der Waals surface area contributed by atoms with Crippen molar-refractivity contribution in [3.05, 3.63) is 34.2 Å². The zero-order valence-electron chi connectivity index (χ0n) is 7.48. The summed E-state index contributed by atoms with van der Waals surface area (Å²) in [6.07, 6.45) is 0. The smallest absolute Gasteiger partial charge is 0.371 e. The van der Waals surface area contributed by atoms with Gasteiger partial charge in [-0.1, -0.05) is 0 Å². The second-order valence-electron chi connectivity index (χ2n) is 2.92. The minimum Gasteiger partial charge on any atom is -0.475 e. The first-order chi connectivity index (χ1) is 6.66. The Kier molecular flexibility index (Phi) is 2.13. The van der Waals surface area contributed by atoms with Gasteiger partial charge in [0.2, 0.25) is 5.76 Å². The fourth-order valence-electron chi connectivity index (χ4n) is 1.18. The summed E-state index contributed by atoms with van der Waals surface area (Å²) in [5, 5.41) is 10.6. The number of aromatic carboxylic acids is 1. The summed E-state index contributed by atoms with van der Waals surface area (Å²) >= 11 is 1.61. The summed E-state index contributed by atoms with van der Waals surface area (Å²) < 4.78 is 5.15. The predicted molar refractivity (Wildman–Crippen MR) is 53.7 cm³/mol. The van der Waals surface area contributed by atoms with Crippen molar-refractivity contribution in [3.8, 4) is 11.3 Å². The Balaban J connectivity index is 2.38. The molecule has 0 aromatic carbocycles. The molecule has 2 rings (SSSR count). The largest absolute Gasteiger partial charge is 0.475 e. The zero-order chi connectivity index (χ0) is 10.1. The van der Waals surface area contributed by atoms with Crippen molar-refractivity contribution in [2.24, 2.45) is 0 Å². The summed E-state index contributed by atoms with van der Waals surface area (Å²) in [5.41, 5.74) is 0.931. The summed E-state index contributed by atoms with van der Waals surface area (Å²) in [5.74, 6) is -0.459. The fraction of sp³-hybridized carbons (Fsp3) is 0.100. The van der Waals surface area contributed by atoms with E-state index in [4.69, 9.17) is 9.52 Å². The normalized spacial score (nSPS) is 10.4. The molecule has 0 radical (unpaired) electrons. The molecule has 0 bridgehead atoms. The molecule has 0 fully saturated rings. The number of carboxylic acid groups (broad SMARTS) is 1. The second-order valence-corrected chi connectivity index (χ2v) is 4.03. The molecule has 0 atom stereocenters. The van der Waals surface area contributed by atoms with E-state index < -0.39 is 5.97 Å². The van der Waals surface area contributed by atoms with Gasteiger partial charge in [-0.05, 0) is 25.1 Å². The van der Waals surface area contributed by atoms with Gasteiger partial charge in [0.25, 0.3) is 0 Å². The number of aryl methyl sites for hydroxylation is 1. The van der Waals surface area contributed by atoms with Gasteiger partial charge in [0.05, 0.1) is 0 Å². The van der Waals surface area contributed by atoms with E-state index in [1.807, 2.05) is 18.4 Å². The van der Waals surface area contributed by atoms with Gasteiger partial charge in [0.1, 0.15) is 5.76 Å². The van der Waals surface area contributed by atoms with E-state index in [0.717, 1.165) is 5.56 Å². The van der Waals surface area contributed by atoms with Crippen LogP contribution in [-0.4, -0.2) is 11.1 Å². The summed E-state index contributed by atoms with van der Waals surface area (Å²) in [4.78, 5) is 11.7. The molecular formula is C10H8O3S. The highest BCUT2D eigenvalue weighted by Crippen LogP contribution is 2.26. The highest BCUT2D eigenvalue weighted by Gasteiger charge is 2.10. The predicted octanol–water partition coefficient (Wildman–Crippen LogP) is 3.01. The van der Waals surface area contributed by atoms with Crippen LogP contribution < -0.4 is 0 Å². The lowest BCUT2D eigenvalue weighted by molar-refractivity contribution is 0.0663. The maximum absolute atomic E-state index is 10.6. The van der Waals surface area contributed by atoms with Crippen LogP contribution in [0.5, 0.6) is 0 Å². The minimum atomic E-state index is -1.04. The second kappa shape index (κ2) is 3.31. The van der Waals surface area contributed by atoms with Crippen LogP contribution >= 0.6 is 11.3 Å². The Labute approximate surface area is 84.6 Å². The van der Waals surface area contributed by atoms with Gasteiger partial charge in [0, 0.05) is 15.8 Å². The maximum atomic E-state index is 10.6. The maximum Gasteiger partial charge on any atom is 0.371 e. The van der Waals surface area contributed by atoms with E-state index in [2.05, 4.69) is 0 Å². The Hall–Kier alpha value is -1.55. The standard InChI is InChI=1S/C10H8O3S/c1-6-4-7(5-14-6)8-2-3-9(13-8)10(11)12/h2-5H,1H3,(H,11,12). The lowest BCUT2D eigenvalue weighted by Crippen LogP contribution is -1.91. The molecule has 0 saturated carbocycles. The topological polar surface area (TPSA) is 50.4 Å². The van der Waals surface area contributed by atoms with Crippen molar-refractivity contribution in [3.63, 3.8) is 0 Å². The first-order valence-corrected chi connectivity index (χ1v) is 4.93. The Morgan fingerprint density at radius 2 is 2.29 bits per heavy atom. The van der Waals surface area contributed by atoms with Crippen molar-refractivity contribution in [1.29, 1.82) is 0 Å². The van der Waals surface area contributed by atoms with E-state index in [1.54, 1.807) is 17.4 Å².